The molecule has 1 saturated carbocycles. The lowest BCUT2D eigenvalue weighted by Gasteiger charge is -2.38. The van der Waals surface area contributed by atoms with E-state index in [9.17, 15) is 8.60 Å². The van der Waals surface area contributed by atoms with Gasteiger partial charge in [-0.05, 0) is 61.6 Å². The summed E-state index contributed by atoms with van der Waals surface area (Å²) >= 11 is 5.99. The van der Waals surface area contributed by atoms with Crippen LogP contribution in [0, 0.1) is 11.6 Å². The highest BCUT2D eigenvalue weighted by Gasteiger charge is 2.27. The molecule has 0 radical (unpaired) electrons. The second-order valence-corrected chi connectivity index (χ2v) is 12.2. The summed E-state index contributed by atoms with van der Waals surface area (Å²) in [7, 11) is -0.620. The van der Waals surface area contributed by atoms with Crippen LogP contribution in [-0.2, 0) is 15.7 Å². The Morgan fingerprint density at radius 1 is 1.05 bits per heavy atom. The second-order valence-electron chi connectivity index (χ2n) is 10.6. The minimum Gasteiger partial charge on any atom is -0.480 e. The van der Waals surface area contributed by atoms with E-state index in [4.69, 9.17) is 21.1 Å². The standard InChI is InChI=1S/C30H31ClF2N6O3S/c1-41-29-26(15-20(31)17-34-29)43(40)38-25-9-7-23(32)27(28(25)33)18-2-8-24-19(14-18)16-35-30(37-24)36-21-3-5-22(6-4-21)39-10-12-42-13-11-39/h2,7-9,14-17,21-22,38H,3-6,10-13H2,1H3,(H,35,36,37). The molecular formula is C30H31ClF2N6O3S. The van der Waals surface area contributed by atoms with Crippen LogP contribution in [0.4, 0.5) is 20.4 Å². The van der Waals surface area contributed by atoms with Crippen LogP contribution >= 0.6 is 11.6 Å². The third-order valence-corrected chi connectivity index (χ3v) is 9.24. The average molecular weight is 629 g/mol. The maximum atomic E-state index is 15.7. The molecule has 2 N–H and O–H groups in total. The van der Waals surface area contributed by atoms with Crippen LogP contribution in [0.25, 0.3) is 22.0 Å². The Morgan fingerprint density at radius 2 is 1.84 bits per heavy atom. The van der Waals surface area contributed by atoms with Crippen LogP contribution in [0.3, 0.4) is 0 Å². The number of halogens is 3. The highest BCUT2D eigenvalue weighted by atomic mass is 35.5. The molecule has 13 heteroatoms. The predicted octanol–water partition coefficient (Wildman–Crippen LogP) is 5.82. The normalized spacial score (nSPS) is 20.1. The highest BCUT2D eigenvalue weighted by Crippen LogP contribution is 2.34. The topological polar surface area (TPSA) is 102 Å². The Kier molecular flexibility index (Phi) is 8.98. The summed E-state index contributed by atoms with van der Waals surface area (Å²) in [6, 6.07) is 9.57. The lowest BCUT2D eigenvalue weighted by Crippen LogP contribution is -2.46. The van der Waals surface area contributed by atoms with Crippen molar-refractivity contribution in [2.45, 2.75) is 42.7 Å². The Balaban J connectivity index is 1.17. The molecule has 1 aliphatic heterocycles. The minimum atomic E-state index is -1.99. The number of hydrogen-bond donors (Lipinski definition) is 2. The highest BCUT2D eigenvalue weighted by molar-refractivity contribution is 7.86. The second kappa shape index (κ2) is 13.0. The molecule has 0 amide bonds. The van der Waals surface area contributed by atoms with E-state index in [2.05, 4.69) is 29.9 Å². The first-order chi connectivity index (χ1) is 20.9. The Labute approximate surface area is 255 Å². The molecule has 2 fully saturated rings. The molecule has 1 aliphatic carbocycles. The number of anilines is 2. The molecule has 6 rings (SSSR count). The third kappa shape index (κ3) is 6.57. The smallest absolute Gasteiger partial charge is 0.231 e. The summed E-state index contributed by atoms with van der Waals surface area (Å²) < 4.78 is 56.9. The fourth-order valence-corrected chi connectivity index (χ4v) is 6.93. The number of nitrogens with one attached hydrogen (secondary N) is 2. The zero-order valence-corrected chi connectivity index (χ0v) is 25.1. The van der Waals surface area contributed by atoms with Crippen molar-refractivity contribution >= 4 is 45.1 Å². The maximum Gasteiger partial charge on any atom is 0.231 e. The van der Waals surface area contributed by atoms with Crippen molar-refractivity contribution < 1.29 is 22.5 Å². The lowest BCUT2D eigenvalue weighted by atomic mass is 9.90. The molecule has 1 unspecified atom stereocenters. The summed E-state index contributed by atoms with van der Waals surface area (Å²) in [4.78, 5) is 15.8. The number of aromatic nitrogens is 3. The molecule has 226 valence electrons. The zero-order chi connectivity index (χ0) is 29.9. The molecule has 9 nitrogen and oxygen atoms in total. The predicted molar refractivity (Wildman–Crippen MR) is 163 cm³/mol. The van der Waals surface area contributed by atoms with E-state index in [1.807, 2.05) is 0 Å². The van der Waals surface area contributed by atoms with Crippen molar-refractivity contribution in [3.63, 3.8) is 0 Å². The van der Waals surface area contributed by atoms with Crippen LogP contribution < -0.4 is 14.8 Å². The van der Waals surface area contributed by atoms with Crippen LogP contribution in [0.15, 0.2) is 53.7 Å². The molecule has 2 aromatic carbocycles. The van der Waals surface area contributed by atoms with Crippen LogP contribution in [0.5, 0.6) is 5.88 Å². The van der Waals surface area contributed by atoms with E-state index in [-0.39, 0.29) is 27.0 Å². The lowest BCUT2D eigenvalue weighted by molar-refractivity contribution is 0.00790. The van der Waals surface area contributed by atoms with Gasteiger partial charge in [0.15, 0.2) is 16.8 Å². The first kappa shape index (κ1) is 29.6. The van der Waals surface area contributed by atoms with Gasteiger partial charge in [0.1, 0.15) is 10.7 Å². The van der Waals surface area contributed by atoms with Crippen molar-refractivity contribution in [2.75, 3.05) is 43.5 Å². The molecule has 0 spiro atoms. The van der Waals surface area contributed by atoms with E-state index in [0.29, 0.717) is 34.5 Å². The zero-order valence-electron chi connectivity index (χ0n) is 23.5. The minimum absolute atomic E-state index is 0.0713. The van der Waals surface area contributed by atoms with Gasteiger partial charge in [-0.15, -0.1) is 0 Å². The van der Waals surface area contributed by atoms with Crippen molar-refractivity contribution in [3.8, 4) is 17.0 Å². The van der Waals surface area contributed by atoms with E-state index < -0.39 is 22.6 Å². The van der Waals surface area contributed by atoms with Gasteiger partial charge in [-0.3, -0.25) is 9.62 Å². The van der Waals surface area contributed by atoms with Crippen LogP contribution in [0.2, 0.25) is 5.02 Å². The number of benzene rings is 2. The van der Waals surface area contributed by atoms with Crippen molar-refractivity contribution in [1.29, 1.82) is 0 Å². The number of rotatable bonds is 8. The number of morpholine rings is 1. The summed E-state index contributed by atoms with van der Waals surface area (Å²) in [5, 5.41) is 4.34. The van der Waals surface area contributed by atoms with Crippen LogP contribution in [0.1, 0.15) is 25.7 Å². The SMILES string of the molecule is COc1ncc(Cl)cc1S(=O)Nc1ccc(F)c(-c2ccc3nc(NC4CCC(N5CCOCC5)CC4)ncc3c2)c1F. The van der Waals surface area contributed by atoms with E-state index in [0.717, 1.165) is 58.1 Å². The number of hydrogen-bond acceptors (Lipinski definition) is 8. The third-order valence-electron chi connectivity index (χ3n) is 7.93. The fourth-order valence-electron chi connectivity index (χ4n) is 5.71. The summed E-state index contributed by atoms with van der Waals surface area (Å²) in [5.74, 6) is -1.05. The van der Waals surface area contributed by atoms with Crippen molar-refractivity contribution in [1.82, 2.24) is 19.9 Å². The summed E-state index contributed by atoms with van der Waals surface area (Å²) in [5.41, 5.74) is 0.528. The molecule has 1 saturated heterocycles. The van der Waals surface area contributed by atoms with Gasteiger partial charge in [0, 0.05) is 43.0 Å². The molecule has 2 aliphatic rings. The number of ether oxygens (including phenoxy) is 2. The van der Waals surface area contributed by atoms with Gasteiger partial charge >= 0.3 is 0 Å². The fraction of sp³-hybridized carbons (Fsp3) is 0.367. The molecule has 43 heavy (non-hydrogen) atoms. The molecule has 3 heterocycles. The van der Waals surface area contributed by atoms with Crippen molar-refractivity contribution in [2.24, 2.45) is 0 Å². The van der Waals surface area contributed by atoms with Gasteiger partial charge in [0.05, 0.1) is 42.1 Å². The Morgan fingerprint density at radius 3 is 2.60 bits per heavy atom. The van der Waals surface area contributed by atoms with E-state index >= 15 is 4.39 Å². The van der Waals surface area contributed by atoms with Crippen molar-refractivity contribution in [3.05, 3.63) is 65.4 Å². The van der Waals surface area contributed by atoms with E-state index in [1.54, 1.807) is 24.4 Å². The van der Waals surface area contributed by atoms with Gasteiger partial charge in [0.2, 0.25) is 11.8 Å². The number of fused-ring (bicyclic) bond motifs is 1. The number of pyridine rings is 1. The molecule has 2 aromatic heterocycles. The largest absolute Gasteiger partial charge is 0.480 e. The molecular weight excluding hydrogens is 598 g/mol. The van der Waals surface area contributed by atoms with Gasteiger partial charge < -0.3 is 14.8 Å². The van der Waals surface area contributed by atoms with Crippen LogP contribution in [-0.4, -0.2) is 69.6 Å². The van der Waals surface area contributed by atoms with E-state index in [1.165, 1.54) is 25.4 Å². The molecule has 1 atom stereocenters. The van der Waals surface area contributed by atoms with Gasteiger partial charge in [0.25, 0.3) is 0 Å². The number of methoxy groups -OCH3 is 1. The van der Waals surface area contributed by atoms with Gasteiger partial charge in [-0.25, -0.2) is 27.9 Å². The molecule has 0 bridgehead atoms. The average Bonchev–Trinajstić information content (AvgIpc) is 3.03. The Bertz CT molecular complexity index is 1650. The summed E-state index contributed by atoms with van der Waals surface area (Å²) in [6.07, 6.45) is 7.32. The first-order valence-electron chi connectivity index (χ1n) is 14.1. The number of nitrogens with zero attached hydrogens (tertiary/aromatic N) is 4. The first-order valence-corrected chi connectivity index (χ1v) is 15.6. The maximum absolute atomic E-state index is 15.7. The Hall–Kier alpha value is -3.45. The quantitative estimate of drug-likeness (QED) is 0.252. The van der Waals surface area contributed by atoms with Gasteiger partial charge in [-0.2, -0.15) is 0 Å². The molecule has 4 aromatic rings. The van der Waals surface area contributed by atoms with Gasteiger partial charge in [-0.1, -0.05) is 17.7 Å². The summed E-state index contributed by atoms with van der Waals surface area (Å²) in [6.45, 7) is 3.63. The monoisotopic (exact) mass is 628 g/mol.